The molecule has 0 atom stereocenters. The molecule has 12 heteroatoms. The third-order valence-corrected chi connectivity index (χ3v) is 11.7. The smallest absolute Gasteiger partial charge is 0.330 e. The van der Waals surface area contributed by atoms with Crippen molar-refractivity contribution in [1.29, 1.82) is 5.41 Å². The second-order valence-electron chi connectivity index (χ2n) is 15.4. The number of hydrogen-bond donors (Lipinski definition) is 2. The number of nitrogens with zero attached hydrogens (tertiary/aromatic N) is 1. The van der Waals surface area contributed by atoms with Crippen molar-refractivity contribution in [2.45, 2.75) is 71.1 Å². The third-order valence-electron chi connectivity index (χ3n) is 10.7. The molecular formula is C51H63N3O8S. The third kappa shape index (κ3) is 16.9. The summed E-state index contributed by atoms with van der Waals surface area (Å²) in [7, 11) is 1.67. The highest BCUT2D eigenvalue weighted by molar-refractivity contribution is 7.22. The van der Waals surface area contributed by atoms with Gasteiger partial charge in [0, 0.05) is 31.5 Å². The van der Waals surface area contributed by atoms with Crippen LogP contribution in [0, 0.1) is 17.2 Å². The van der Waals surface area contributed by atoms with E-state index in [4.69, 9.17) is 33.8 Å². The van der Waals surface area contributed by atoms with Gasteiger partial charge in [-0.25, -0.2) is 9.78 Å². The van der Waals surface area contributed by atoms with Gasteiger partial charge in [0.25, 0.3) is 0 Å². The molecular weight excluding hydrogens is 815 g/mol. The van der Waals surface area contributed by atoms with Gasteiger partial charge in [0.1, 0.15) is 17.2 Å². The molecule has 6 rings (SSSR count). The van der Waals surface area contributed by atoms with E-state index in [9.17, 15) is 9.59 Å². The summed E-state index contributed by atoms with van der Waals surface area (Å²) in [5.74, 6) is 1.74. The number of fused-ring (bicyclic) bond motifs is 1. The molecule has 0 bridgehead atoms. The summed E-state index contributed by atoms with van der Waals surface area (Å²) in [5, 5.41) is 12.1. The van der Waals surface area contributed by atoms with Crippen molar-refractivity contribution in [3.63, 3.8) is 0 Å². The van der Waals surface area contributed by atoms with E-state index in [1.54, 1.807) is 30.6 Å². The van der Waals surface area contributed by atoms with Crippen LogP contribution in [0.2, 0.25) is 0 Å². The molecule has 11 nitrogen and oxygen atoms in total. The van der Waals surface area contributed by atoms with E-state index >= 15 is 0 Å². The molecule has 1 heterocycles. The van der Waals surface area contributed by atoms with Gasteiger partial charge in [0.2, 0.25) is 0 Å². The van der Waals surface area contributed by atoms with Crippen molar-refractivity contribution >= 4 is 44.8 Å². The van der Waals surface area contributed by atoms with Crippen molar-refractivity contribution in [2.75, 3.05) is 58.6 Å². The van der Waals surface area contributed by atoms with Gasteiger partial charge in [-0.05, 0) is 129 Å². The number of rotatable bonds is 25. The Labute approximate surface area is 376 Å². The standard InChI is InChI=1S/C39H47NO6.C12H16N2O2S/c1-3-9-29-10-14-31(15-11-29)37-23-22-36(26-33(37)27-40)45-28-30-12-16-32(17-13-30)39(42)46-35-20-18-34(19-21-35)43-24-7-5-6-8-25-44-38(41)4-2;1-15-8-9-16-7-6-13-12-14-10-4-2-3-5-11(10)17-12/h4,10-11,14-15,18-23,26-27,30,32,40H,2-3,5-9,12-13,16-17,24-25,28H2,1H3;2-5H,6-9H2,1H3,(H,13,14). The Morgan fingerprint density at radius 2 is 1.56 bits per heavy atom. The zero-order valence-corrected chi connectivity index (χ0v) is 37.6. The molecule has 0 spiro atoms. The van der Waals surface area contributed by atoms with Crippen LogP contribution >= 0.6 is 11.3 Å². The van der Waals surface area contributed by atoms with E-state index in [1.807, 2.05) is 48.5 Å². The Morgan fingerprint density at radius 1 is 0.825 bits per heavy atom. The number of methoxy groups -OCH3 is 1. The van der Waals surface area contributed by atoms with Gasteiger partial charge in [-0.15, -0.1) is 0 Å². The molecule has 0 saturated heterocycles. The molecule has 1 aliphatic carbocycles. The summed E-state index contributed by atoms with van der Waals surface area (Å²) >= 11 is 1.66. The number of para-hydroxylation sites is 1. The van der Waals surface area contributed by atoms with Crippen LogP contribution in [-0.2, 0) is 30.2 Å². The first-order valence-electron chi connectivity index (χ1n) is 22.2. The van der Waals surface area contributed by atoms with Crippen molar-refractivity contribution in [2.24, 2.45) is 11.8 Å². The fourth-order valence-corrected chi connectivity index (χ4v) is 8.03. The molecule has 1 aliphatic rings. The number of ether oxygens (including phenoxy) is 6. The normalized spacial score (nSPS) is 14.5. The first kappa shape index (κ1) is 48.5. The van der Waals surface area contributed by atoms with Crippen LogP contribution in [-0.4, -0.2) is 76.4 Å². The molecule has 63 heavy (non-hydrogen) atoms. The Kier molecular flexibility index (Phi) is 21.1. The summed E-state index contributed by atoms with van der Waals surface area (Å²) in [4.78, 5) is 28.3. The number of aromatic nitrogens is 1. The maximum absolute atomic E-state index is 12.8. The Morgan fingerprint density at radius 3 is 2.27 bits per heavy atom. The summed E-state index contributed by atoms with van der Waals surface area (Å²) < 4.78 is 34.1. The molecule has 2 N–H and O–H groups in total. The van der Waals surface area contributed by atoms with Crippen molar-refractivity contribution < 1.29 is 38.0 Å². The quantitative estimate of drug-likeness (QED) is 0.0192. The van der Waals surface area contributed by atoms with Gasteiger partial charge in [-0.1, -0.05) is 73.7 Å². The average Bonchev–Trinajstić information content (AvgIpc) is 3.74. The summed E-state index contributed by atoms with van der Waals surface area (Å²) in [5.41, 5.74) is 5.34. The fourth-order valence-electron chi connectivity index (χ4n) is 7.14. The van der Waals surface area contributed by atoms with Gasteiger partial charge in [-0.3, -0.25) is 4.79 Å². The summed E-state index contributed by atoms with van der Waals surface area (Å²) in [6.45, 7) is 9.88. The van der Waals surface area contributed by atoms with Crippen LogP contribution < -0.4 is 19.5 Å². The van der Waals surface area contributed by atoms with Gasteiger partial charge >= 0.3 is 11.9 Å². The molecule has 0 amide bonds. The van der Waals surface area contributed by atoms with E-state index in [-0.39, 0.29) is 17.9 Å². The largest absolute Gasteiger partial charge is 0.494 e. The monoisotopic (exact) mass is 877 g/mol. The SMILES string of the molecule is C=CC(=O)OCCCCCCOc1ccc(OC(=O)C2CCC(COc3ccc(-c4ccc(CCC)cc4)c(C=N)c3)CC2)cc1.COCCOCCNc1nc2ccccc2s1. The molecule has 4 aromatic carbocycles. The minimum atomic E-state index is -0.382. The molecule has 1 aromatic heterocycles. The van der Waals surface area contributed by atoms with Crippen LogP contribution in [0.4, 0.5) is 5.13 Å². The van der Waals surface area contributed by atoms with E-state index in [2.05, 4.69) is 54.1 Å². The van der Waals surface area contributed by atoms with Crippen LogP contribution in [0.3, 0.4) is 0 Å². The lowest BCUT2D eigenvalue weighted by atomic mass is 9.82. The van der Waals surface area contributed by atoms with Crippen LogP contribution in [0.25, 0.3) is 21.3 Å². The molecule has 1 saturated carbocycles. The van der Waals surface area contributed by atoms with E-state index in [1.165, 1.54) is 22.6 Å². The molecule has 0 radical (unpaired) electrons. The van der Waals surface area contributed by atoms with Crippen LogP contribution in [0.1, 0.15) is 75.8 Å². The zero-order valence-electron chi connectivity index (χ0n) is 36.8. The lowest BCUT2D eigenvalue weighted by Crippen LogP contribution is -2.27. The molecule has 5 aromatic rings. The highest BCUT2D eigenvalue weighted by atomic mass is 32.1. The first-order chi connectivity index (χ1) is 30.9. The number of aryl methyl sites for hydroxylation is 1. The minimum absolute atomic E-state index is 0.111. The van der Waals surface area contributed by atoms with Crippen LogP contribution in [0.5, 0.6) is 17.2 Å². The first-order valence-corrected chi connectivity index (χ1v) is 23.0. The Hall–Kier alpha value is -5.56. The van der Waals surface area contributed by atoms with Gasteiger partial charge in [0.15, 0.2) is 5.13 Å². The number of unbranched alkanes of at least 4 members (excludes halogenated alkanes) is 3. The van der Waals surface area contributed by atoms with Crippen molar-refractivity contribution in [3.8, 4) is 28.4 Å². The lowest BCUT2D eigenvalue weighted by molar-refractivity contribution is -0.140. The molecule has 1 fully saturated rings. The molecule has 0 unspecified atom stereocenters. The second kappa shape index (κ2) is 27.5. The average molecular weight is 878 g/mol. The zero-order chi connectivity index (χ0) is 44.5. The van der Waals surface area contributed by atoms with Gasteiger partial charge < -0.3 is 39.1 Å². The van der Waals surface area contributed by atoms with Crippen molar-refractivity contribution in [1.82, 2.24) is 4.98 Å². The number of carbonyl (C=O) groups excluding carboxylic acids is 2. The number of carbonyl (C=O) groups is 2. The summed E-state index contributed by atoms with van der Waals surface area (Å²) in [6, 6.07) is 29.9. The maximum Gasteiger partial charge on any atom is 0.330 e. The fraction of sp³-hybridized carbons (Fsp3) is 0.412. The number of esters is 2. The summed E-state index contributed by atoms with van der Waals surface area (Å²) in [6.07, 6.45) is 11.8. The van der Waals surface area contributed by atoms with E-state index in [0.29, 0.717) is 51.3 Å². The predicted octanol–water partition coefficient (Wildman–Crippen LogP) is 11.1. The highest BCUT2D eigenvalue weighted by Gasteiger charge is 2.28. The van der Waals surface area contributed by atoms with Gasteiger partial charge in [-0.2, -0.15) is 0 Å². The van der Waals surface area contributed by atoms with Gasteiger partial charge in [0.05, 0.1) is 55.8 Å². The number of nitrogens with one attached hydrogen (secondary N) is 2. The highest BCUT2D eigenvalue weighted by Crippen LogP contribution is 2.32. The number of anilines is 1. The van der Waals surface area contributed by atoms with Crippen LogP contribution in [0.15, 0.2) is 104 Å². The maximum atomic E-state index is 12.8. The number of benzene rings is 4. The Bertz CT molecular complexity index is 2100. The lowest BCUT2D eigenvalue weighted by Gasteiger charge is -2.27. The van der Waals surface area contributed by atoms with E-state index in [0.717, 1.165) is 110 Å². The topological polar surface area (TPSA) is 138 Å². The second-order valence-corrected chi connectivity index (χ2v) is 16.4. The molecule has 336 valence electrons. The Balaban J connectivity index is 0.000000366. The molecule has 0 aliphatic heterocycles. The number of hydrogen-bond acceptors (Lipinski definition) is 12. The van der Waals surface area contributed by atoms with Crippen molar-refractivity contribution in [3.05, 3.63) is 115 Å². The van der Waals surface area contributed by atoms with E-state index < -0.39 is 0 Å². The minimum Gasteiger partial charge on any atom is -0.494 e. The predicted molar refractivity (Wildman–Crippen MR) is 253 cm³/mol. The number of thiazole rings is 1.